The molecule has 1 aromatic carbocycles. The predicted molar refractivity (Wildman–Crippen MR) is 87.5 cm³/mol. The minimum Gasteiger partial charge on any atom is -0.378 e. The quantitative estimate of drug-likeness (QED) is 0.898. The van der Waals surface area contributed by atoms with Gasteiger partial charge in [-0.25, -0.2) is 0 Å². The van der Waals surface area contributed by atoms with E-state index in [-0.39, 0.29) is 18.0 Å². The van der Waals surface area contributed by atoms with Gasteiger partial charge in [-0.2, -0.15) is 0 Å². The predicted octanol–water partition coefficient (Wildman–Crippen LogP) is 2.82. The molecule has 2 unspecified atom stereocenters. The van der Waals surface area contributed by atoms with Gasteiger partial charge in [-0.15, -0.1) is 0 Å². The smallest absolute Gasteiger partial charge is 0.224 e. The van der Waals surface area contributed by atoms with Crippen LogP contribution in [-0.2, 0) is 16.0 Å². The first-order valence-electron chi connectivity index (χ1n) is 7.64. The Morgan fingerprint density at radius 2 is 2.27 bits per heavy atom. The van der Waals surface area contributed by atoms with E-state index in [0.29, 0.717) is 36.2 Å². The van der Waals surface area contributed by atoms with E-state index in [9.17, 15) is 4.79 Å². The maximum atomic E-state index is 12.6. The fraction of sp³-hybridized carbons (Fsp3) is 0.562. The normalized spacial score (nSPS) is 25.0. The number of rotatable bonds is 2. The lowest BCUT2D eigenvalue weighted by molar-refractivity contribution is -0.135. The van der Waals surface area contributed by atoms with Crippen molar-refractivity contribution in [2.24, 2.45) is 0 Å². The molecule has 1 amide bonds. The number of carbonyl (C=O) groups excluding carboxylic acids is 1. The Bertz CT molecular complexity index is 574. The van der Waals surface area contributed by atoms with Crippen LogP contribution in [0.1, 0.15) is 30.5 Å². The van der Waals surface area contributed by atoms with Crippen molar-refractivity contribution < 1.29 is 9.53 Å². The van der Waals surface area contributed by atoms with Crippen molar-refractivity contribution in [3.05, 3.63) is 33.3 Å². The first kappa shape index (κ1) is 16.1. The molecule has 2 aliphatic heterocycles. The number of ether oxygens (including phenoxy) is 1. The van der Waals surface area contributed by atoms with Gasteiger partial charge in [0.05, 0.1) is 19.3 Å². The summed E-state index contributed by atoms with van der Waals surface area (Å²) in [5.74, 6) is 0.146. The van der Waals surface area contributed by atoms with Crippen LogP contribution in [0.5, 0.6) is 0 Å². The van der Waals surface area contributed by atoms with Gasteiger partial charge in [0.25, 0.3) is 0 Å². The molecule has 1 aromatic rings. The summed E-state index contributed by atoms with van der Waals surface area (Å²) in [6.07, 6.45) is 1.26. The maximum absolute atomic E-state index is 12.6. The summed E-state index contributed by atoms with van der Waals surface area (Å²) in [5, 5.41) is 4.62. The van der Waals surface area contributed by atoms with E-state index in [1.165, 1.54) is 0 Å². The van der Waals surface area contributed by atoms with Crippen molar-refractivity contribution in [2.75, 3.05) is 26.3 Å². The van der Waals surface area contributed by atoms with Gasteiger partial charge in [0.1, 0.15) is 0 Å². The molecule has 3 rings (SSSR count). The summed E-state index contributed by atoms with van der Waals surface area (Å²) in [4.78, 5) is 14.5. The van der Waals surface area contributed by atoms with E-state index in [4.69, 9.17) is 27.9 Å². The van der Waals surface area contributed by atoms with Gasteiger partial charge in [-0.1, -0.05) is 23.2 Å². The van der Waals surface area contributed by atoms with Crippen LogP contribution in [0, 0.1) is 0 Å². The molecule has 0 aliphatic carbocycles. The van der Waals surface area contributed by atoms with E-state index in [0.717, 1.165) is 24.1 Å². The first-order chi connectivity index (χ1) is 10.6. The molecule has 0 aromatic heterocycles. The molecule has 0 radical (unpaired) electrons. The molecule has 4 nitrogen and oxygen atoms in total. The second-order valence-electron chi connectivity index (χ2n) is 5.90. The number of morpholine rings is 1. The van der Waals surface area contributed by atoms with Gasteiger partial charge < -0.3 is 15.0 Å². The van der Waals surface area contributed by atoms with Crippen molar-refractivity contribution in [1.82, 2.24) is 10.2 Å². The third kappa shape index (κ3) is 3.25. The highest BCUT2D eigenvalue weighted by Crippen LogP contribution is 2.37. The van der Waals surface area contributed by atoms with Crippen LogP contribution < -0.4 is 5.32 Å². The van der Waals surface area contributed by atoms with Gasteiger partial charge in [0, 0.05) is 35.6 Å². The molecule has 2 aliphatic rings. The summed E-state index contributed by atoms with van der Waals surface area (Å²) in [7, 11) is 0. The van der Waals surface area contributed by atoms with Gasteiger partial charge >= 0.3 is 0 Å². The minimum absolute atomic E-state index is 0.0227. The zero-order valence-electron chi connectivity index (χ0n) is 12.6. The van der Waals surface area contributed by atoms with Gasteiger partial charge in [-0.3, -0.25) is 4.79 Å². The standard InChI is InChI=1S/C16H20Cl2N2O2/c1-10-16-11(6-12(17)7-14(16)18)2-4-20(10)15(21)8-13-9-22-5-3-19-13/h6-7,10,13,19H,2-5,8-9H2,1H3. The third-order valence-electron chi connectivity index (χ3n) is 4.43. The number of fused-ring (bicyclic) bond motifs is 1. The fourth-order valence-electron chi connectivity index (χ4n) is 3.32. The molecule has 1 fully saturated rings. The van der Waals surface area contributed by atoms with Crippen LogP contribution in [0.25, 0.3) is 0 Å². The minimum atomic E-state index is -0.0227. The Balaban J connectivity index is 1.74. The molecule has 2 atom stereocenters. The largest absolute Gasteiger partial charge is 0.378 e. The Hall–Kier alpha value is -0.810. The van der Waals surface area contributed by atoms with E-state index in [1.54, 1.807) is 6.07 Å². The number of nitrogens with zero attached hydrogens (tertiary/aromatic N) is 1. The SMILES string of the molecule is CC1c2c(Cl)cc(Cl)cc2CCN1C(=O)CC1COCCN1. The lowest BCUT2D eigenvalue weighted by Gasteiger charge is -2.37. The number of hydrogen-bond acceptors (Lipinski definition) is 3. The van der Waals surface area contributed by atoms with Gasteiger partial charge in [0.15, 0.2) is 0 Å². The van der Waals surface area contributed by atoms with Gasteiger partial charge in [0.2, 0.25) is 5.91 Å². The molecule has 2 heterocycles. The monoisotopic (exact) mass is 342 g/mol. The van der Waals surface area contributed by atoms with E-state index in [1.807, 2.05) is 17.9 Å². The number of benzene rings is 1. The zero-order valence-corrected chi connectivity index (χ0v) is 14.1. The number of hydrogen-bond donors (Lipinski definition) is 1. The highest BCUT2D eigenvalue weighted by molar-refractivity contribution is 6.35. The zero-order chi connectivity index (χ0) is 15.7. The Labute approximate surface area is 140 Å². The summed E-state index contributed by atoms with van der Waals surface area (Å²) in [5.41, 5.74) is 2.17. The van der Waals surface area contributed by atoms with Crippen LogP contribution in [0.3, 0.4) is 0 Å². The second kappa shape index (κ2) is 6.75. The third-order valence-corrected chi connectivity index (χ3v) is 4.96. The van der Waals surface area contributed by atoms with E-state index < -0.39 is 0 Å². The second-order valence-corrected chi connectivity index (χ2v) is 6.75. The van der Waals surface area contributed by atoms with Crippen LogP contribution >= 0.6 is 23.2 Å². The van der Waals surface area contributed by atoms with Crippen LogP contribution in [0.4, 0.5) is 0 Å². The average Bonchev–Trinajstić information content (AvgIpc) is 2.47. The summed E-state index contributed by atoms with van der Waals surface area (Å²) < 4.78 is 5.42. The van der Waals surface area contributed by atoms with Crippen LogP contribution in [0.15, 0.2) is 12.1 Å². The Kier molecular flexibility index (Phi) is 4.93. The highest BCUT2D eigenvalue weighted by atomic mass is 35.5. The van der Waals surface area contributed by atoms with Crippen molar-refractivity contribution >= 4 is 29.1 Å². The Morgan fingerprint density at radius 1 is 1.45 bits per heavy atom. The lowest BCUT2D eigenvalue weighted by atomic mass is 9.93. The lowest BCUT2D eigenvalue weighted by Crippen LogP contribution is -2.46. The van der Waals surface area contributed by atoms with Crippen molar-refractivity contribution in [3.63, 3.8) is 0 Å². The summed E-state index contributed by atoms with van der Waals surface area (Å²) >= 11 is 12.4. The number of halogens is 2. The average molecular weight is 343 g/mol. The molecular formula is C16H20Cl2N2O2. The van der Waals surface area contributed by atoms with Crippen LogP contribution in [0.2, 0.25) is 10.0 Å². The van der Waals surface area contributed by atoms with Crippen LogP contribution in [-0.4, -0.2) is 43.2 Å². The number of amides is 1. The number of nitrogens with one attached hydrogen (secondary N) is 1. The fourth-order valence-corrected chi connectivity index (χ4v) is 4.02. The molecule has 0 spiro atoms. The molecule has 0 bridgehead atoms. The topological polar surface area (TPSA) is 41.6 Å². The van der Waals surface area contributed by atoms with E-state index >= 15 is 0 Å². The Morgan fingerprint density at radius 3 is 3.00 bits per heavy atom. The number of carbonyl (C=O) groups is 1. The van der Waals surface area contributed by atoms with E-state index in [2.05, 4.69) is 5.32 Å². The molecule has 6 heteroatoms. The van der Waals surface area contributed by atoms with Gasteiger partial charge in [-0.05, 0) is 36.6 Å². The molecule has 1 N–H and O–H groups in total. The molecule has 22 heavy (non-hydrogen) atoms. The van der Waals surface area contributed by atoms with Crippen molar-refractivity contribution in [1.29, 1.82) is 0 Å². The molecule has 120 valence electrons. The molecular weight excluding hydrogens is 323 g/mol. The maximum Gasteiger partial charge on any atom is 0.224 e. The first-order valence-corrected chi connectivity index (χ1v) is 8.40. The summed E-state index contributed by atoms with van der Waals surface area (Å²) in [6.45, 7) is 4.86. The van der Waals surface area contributed by atoms with Crippen molar-refractivity contribution in [3.8, 4) is 0 Å². The molecule has 0 saturated carbocycles. The van der Waals surface area contributed by atoms with Crippen molar-refractivity contribution in [2.45, 2.75) is 31.8 Å². The molecule has 1 saturated heterocycles. The highest BCUT2D eigenvalue weighted by Gasteiger charge is 2.31. The summed E-state index contributed by atoms with van der Waals surface area (Å²) in [6, 6.07) is 3.79.